The normalized spacial score (nSPS) is 16.6. The van der Waals surface area contributed by atoms with Crippen LogP contribution >= 0.6 is 0 Å². The molecule has 1 aliphatic heterocycles. The number of aromatic nitrogens is 2. The number of morpholine rings is 1. The number of carbonyl (C=O) groups is 2. The van der Waals surface area contributed by atoms with Crippen molar-refractivity contribution >= 4 is 17.6 Å². The number of nitrogens with zero attached hydrogens (tertiary/aromatic N) is 3. The zero-order chi connectivity index (χ0) is 22.3. The van der Waals surface area contributed by atoms with Gasteiger partial charge in [0.05, 0.1) is 36.2 Å². The van der Waals surface area contributed by atoms with Gasteiger partial charge in [-0.15, -0.1) is 0 Å². The van der Waals surface area contributed by atoms with Crippen LogP contribution in [0.3, 0.4) is 0 Å². The Morgan fingerprint density at radius 1 is 1.29 bits per heavy atom. The highest BCUT2D eigenvalue weighted by molar-refractivity contribution is 5.93. The lowest BCUT2D eigenvalue weighted by atomic mass is 10.0. The average molecular weight is 430 g/mol. The Kier molecular flexibility index (Phi) is 5.32. The number of amides is 2. The number of nitrogens with two attached hydrogens (primary N) is 1. The van der Waals surface area contributed by atoms with E-state index in [4.69, 9.17) is 10.5 Å². The van der Waals surface area contributed by atoms with E-state index in [1.165, 1.54) is 4.90 Å². The molecule has 10 heteroatoms. The van der Waals surface area contributed by atoms with Crippen LogP contribution in [0.5, 0.6) is 0 Å². The summed E-state index contributed by atoms with van der Waals surface area (Å²) in [7, 11) is 0. The highest BCUT2D eigenvalue weighted by atomic mass is 19.1. The van der Waals surface area contributed by atoms with E-state index in [1.54, 1.807) is 16.7 Å². The maximum atomic E-state index is 14.9. The van der Waals surface area contributed by atoms with Gasteiger partial charge in [0.2, 0.25) is 5.91 Å². The van der Waals surface area contributed by atoms with E-state index < -0.39 is 29.7 Å². The number of halogens is 2. The molecule has 2 aromatic heterocycles. The van der Waals surface area contributed by atoms with Gasteiger partial charge in [0, 0.05) is 24.7 Å². The first-order valence-corrected chi connectivity index (χ1v) is 9.61. The number of imidazole rings is 1. The maximum absolute atomic E-state index is 14.9. The van der Waals surface area contributed by atoms with Gasteiger partial charge in [-0.2, -0.15) is 0 Å². The number of carboxylic acid groups (broad SMARTS) is 1. The summed E-state index contributed by atoms with van der Waals surface area (Å²) in [5, 5.41) is 9.28. The van der Waals surface area contributed by atoms with Crippen LogP contribution in [0, 0.1) is 18.6 Å². The first kappa shape index (κ1) is 20.7. The molecule has 4 rings (SSSR count). The Morgan fingerprint density at radius 3 is 2.65 bits per heavy atom. The standard InChI is InChI=1S/C21H20F2N4O4/c1-11-2-3-27-16(9-13-10-26(21(29)30)4-5-31-13)19(25-17(27)6-11)18-14(22)7-12(20(24)28)8-15(18)23/h2-3,6-8,13H,4-5,9-10H2,1H3,(H2,24,28)(H,29,30). The number of ether oxygens (including phenoxy) is 1. The molecule has 31 heavy (non-hydrogen) atoms. The lowest BCUT2D eigenvalue weighted by Crippen LogP contribution is -2.45. The van der Waals surface area contributed by atoms with Crippen LogP contribution in [0.1, 0.15) is 21.6 Å². The number of carbonyl (C=O) groups excluding carboxylic acids is 1. The van der Waals surface area contributed by atoms with E-state index in [0.29, 0.717) is 11.3 Å². The molecule has 1 aromatic carbocycles. The number of pyridine rings is 1. The molecule has 1 saturated heterocycles. The summed E-state index contributed by atoms with van der Waals surface area (Å²) >= 11 is 0. The highest BCUT2D eigenvalue weighted by Crippen LogP contribution is 2.32. The number of benzene rings is 1. The smallest absolute Gasteiger partial charge is 0.407 e. The van der Waals surface area contributed by atoms with Crippen molar-refractivity contribution in [3.63, 3.8) is 0 Å². The molecule has 3 heterocycles. The molecule has 3 aromatic rings. The van der Waals surface area contributed by atoms with Gasteiger partial charge in [0.15, 0.2) is 0 Å². The number of fused-ring (bicyclic) bond motifs is 1. The summed E-state index contributed by atoms with van der Waals surface area (Å²) in [6, 6.07) is 5.36. The quantitative estimate of drug-likeness (QED) is 0.661. The van der Waals surface area contributed by atoms with Crippen LogP contribution in [0.4, 0.5) is 13.6 Å². The molecule has 0 saturated carbocycles. The highest BCUT2D eigenvalue weighted by Gasteiger charge is 2.28. The van der Waals surface area contributed by atoms with Crippen molar-refractivity contribution in [2.75, 3.05) is 19.7 Å². The maximum Gasteiger partial charge on any atom is 0.407 e. The molecule has 1 fully saturated rings. The molecule has 0 aliphatic carbocycles. The fourth-order valence-corrected chi connectivity index (χ4v) is 3.77. The Bertz CT molecular complexity index is 1170. The van der Waals surface area contributed by atoms with Crippen molar-refractivity contribution in [1.82, 2.24) is 14.3 Å². The Hall–Kier alpha value is -3.53. The van der Waals surface area contributed by atoms with Crippen LogP contribution in [-0.2, 0) is 11.2 Å². The Balaban J connectivity index is 1.83. The molecular formula is C21H20F2N4O4. The largest absolute Gasteiger partial charge is 0.465 e. The van der Waals surface area contributed by atoms with E-state index in [1.807, 2.05) is 13.0 Å². The first-order chi connectivity index (χ1) is 14.7. The van der Waals surface area contributed by atoms with Gasteiger partial charge in [-0.3, -0.25) is 4.79 Å². The van der Waals surface area contributed by atoms with Gasteiger partial charge in [0.1, 0.15) is 17.3 Å². The molecule has 2 amide bonds. The number of rotatable bonds is 4. The van der Waals surface area contributed by atoms with Crippen LogP contribution < -0.4 is 5.73 Å². The summed E-state index contributed by atoms with van der Waals surface area (Å²) in [6.07, 6.45) is 0.351. The molecule has 3 N–H and O–H groups in total. The number of hydrogen-bond donors (Lipinski definition) is 2. The number of primary amides is 1. The summed E-state index contributed by atoms with van der Waals surface area (Å²) < 4.78 is 37.2. The van der Waals surface area contributed by atoms with Crippen LogP contribution in [-0.4, -0.2) is 57.2 Å². The van der Waals surface area contributed by atoms with E-state index in [-0.39, 0.29) is 42.9 Å². The second-order valence-electron chi connectivity index (χ2n) is 7.44. The van der Waals surface area contributed by atoms with Gasteiger partial charge in [0.25, 0.3) is 0 Å². The minimum atomic E-state index is -1.05. The van der Waals surface area contributed by atoms with Crippen LogP contribution in [0.15, 0.2) is 30.5 Å². The van der Waals surface area contributed by atoms with E-state index in [0.717, 1.165) is 17.7 Å². The SMILES string of the molecule is Cc1ccn2c(CC3CN(C(=O)O)CCO3)c(-c3c(F)cc(C(N)=O)cc3F)nc2c1. The molecule has 0 radical (unpaired) electrons. The second-order valence-corrected chi connectivity index (χ2v) is 7.44. The second kappa shape index (κ2) is 7.95. The first-order valence-electron chi connectivity index (χ1n) is 9.61. The molecule has 162 valence electrons. The van der Waals surface area contributed by atoms with Crippen molar-refractivity contribution in [1.29, 1.82) is 0 Å². The van der Waals surface area contributed by atoms with Gasteiger partial charge in [-0.05, 0) is 36.8 Å². The summed E-state index contributed by atoms with van der Waals surface area (Å²) in [6.45, 7) is 2.46. The van der Waals surface area contributed by atoms with E-state index in [2.05, 4.69) is 4.98 Å². The van der Waals surface area contributed by atoms with Gasteiger partial charge in [-0.1, -0.05) is 0 Å². The van der Waals surface area contributed by atoms with Crippen molar-refractivity contribution in [3.8, 4) is 11.3 Å². The molecule has 0 spiro atoms. The number of hydrogen-bond acceptors (Lipinski definition) is 4. The molecule has 1 unspecified atom stereocenters. The molecular weight excluding hydrogens is 410 g/mol. The minimum absolute atomic E-state index is 0.0627. The van der Waals surface area contributed by atoms with E-state index >= 15 is 0 Å². The van der Waals surface area contributed by atoms with Crippen LogP contribution in [0.25, 0.3) is 16.9 Å². The molecule has 1 atom stereocenters. The van der Waals surface area contributed by atoms with Gasteiger partial charge < -0.3 is 24.9 Å². The zero-order valence-corrected chi connectivity index (χ0v) is 16.6. The van der Waals surface area contributed by atoms with Crippen molar-refractivity contribution in [3.05, 3.63) is 58.9 Å². The summed E-state index contributed by atoms with van der Waals surface area (Å²) in [4.78, 5) is 28.4. The number of aryl methyl sites for hydroxylation is 1. The predicted octanol–water partition coefficient (Wildman–Crippen LogP) is 2.61. The van der Waals surface area contributed by atoms with Crippen molar-refractivity contribution < 1.29 is 28.2 Å². The van der Waals surface area contributed by atoms with Crippen molar-refractivity contribution in [2.45, 2.75) is 19.4 Å². The third kappa shape index (κ3) is 3.93. The molecule has 0 bridgehead atoms. The predicted molar refractivity (Wildman–Crippen MR) is 107 cm³/mol. The zero-order valence-electron chi connectivity index (χ0n) is 16.6. The summed E-state index contributed by atoms with van der Waals surface area (Å²) in [5.41, 5.74) is 6.40. The Labute approximate surface area is 175 Å². The van der Waals surface area contributed by atoms with E-state index in [9.17, 15) is 23.5 Å². The fourth-order valence-electron chi connectivity index (χ4n) is 3.77. The lowest BCUT2D eigenvalue weighted by Gasteiger charge is -2.31. The topological polar surface area (TPSA) is 110 Å². The Morgan fingerprint density at radius 2 is 2.00 bits per heavy atom. The lowest BCUT2D eigenvalue weighted by molar-refractivity contribution is -0.0214. The monoisotopic (exact) mass is 430 g/mol. The van der Waals surface area contributed by atoms with Gasteiger partial charge in [-0.25, -0.2) is 18.6 Å². The van der Waals surface area contributed by atoms with Crippen LogP contribution in [0.2, 0.25) is 0 Å². The summed E-state index contributed by atoms with van der Waals surface area (Å²) in [5.74, 6) is -2.88. The third-order valence-corrected chi connectivity index (χ3v) is 5.27. The minimum Gasteiger partial charge on any atom is -0.465 e. The van der Waals surface area contributed by atoms with Crippen molar-refractivity contribution in [2.24, 2.45) is 5.73 Å². The third-order valence-electron chi connectivity index (χ3n) is 5.27. The average Bonchev–Trinajstić information content (AvgIpc) is 3.04. The fraction of sp³-hybridized carbons (Fsp3) is 0.286. The molecule has 1 aliphatic rings. The molecule has 8 nitrogen and oxygen atoms in total. The van der Waals surface area contributed by atoms with Gasteiger partial charge >= 0.3 is 6.09 Å².